The molecule has 1 saturated heterocycles. The van der Waals surface area contributed by atoms with Crippen LogP contribution in [-0.2, 0) is 0 Å². The molecule has 2 aliphatic heterocycles. The van der Waals surface area contributed by atoms with Gasteiger partial charge in [-0.2, -0.15) is 0 Å². The average Bonchev–Trinajstić information content (AvgIpc) is 3.18. The molecule has 3 aromatic rings. The van der Waals surface area contributed by atoms with Crippen molar-refractivity contribution in [2.24, 2.45) is 5.92 Å². The highest BCUT2D eigenvalue weighted by Crippen LogP contribution is 2.42. The Morgan fingerprint density at radius 2 is 2.03 bits per heavy atom. The normalized spacial score (nSPS) is 25.7. The number of phenols is 1. The molecule has 33 heavy (non-hydrogen) atoms. The van der Waals surface area contributed by atoms with E-state index < -0.39 is 11.7 Å². The molecule has 0 spiro atoms. The number of allylic oxidation sites excluding steroid dienone is 1. The van der Waals surface area contributed by atoms with Crippen LogP contribution in [0.4, 0.5) is 4.39 Å². The zero-order chi connectivity index (χ0) is 23.2. The second-order valence-corrected chi connectivity index (χ2v) is 8.65. The summed E-state index contributed by atoms with van der Waals surface area (Å²) in [5, 5.41) is 22.3. The van der Waals surface area contributed by atoms with Crippen LogP contribution in [0.3, 0.4) is 0 Å². The quantitative estimate of drug-likeness (QED) is 0.574. The molecule has 4 heterocycles. The number of aromatic nitrogens is 4. The SMILES string of the molecule is C=C(c1cnc(-c2ccc(-c3ccnc(OC)c3)cc2O)nn1)[C@@H]1CC2C=C[C@](C)(N2)[C@@H]1F. The van der Waals surface area contributed by atoms with E-state index in [9.17, 15) is 5.11 Å². The lowest BCUT2D eigenvalue weighted by Gasteiger charge is -2.40. The summed E-state index contributed by atoms with van der Waals surface area (Å²) < 4.78 is 20.4. The van der Waals surface area contributed by atoms with Gasteiger partial charge in [0.25, 0.3) is 0 Å². The molecule has 2 aliphatic rings. The molecule has 1 fully saturated rings. The second kappa shape index (κ2) is 8.04. The fourth-order valence-corrected chi connectivity index (χ4v) is 4.59. The van der Waals surface area contributed by atoms with E-state index in [1.807, 2.05) is 31.2 Å². The topological polar surface area (TPSA) is 93.1 Å². The van der Waals surface area contributed by atoms with Crippen LogP contribution in [-0.4, -0.2) is 50.1 Å². The van der Waals surface area contributed by atoms with Gasteiger partial charge in [-0.05, 0) is 48.2 Å². The third-order valence-electron chi connectivity index (χ3n) is 6.46. The molecule has 168 valence electrons. The van der Waals surface area contributed by atoms with Gasteiger partial charge in [-0.25, -0.2) is 14.4 Å². The van der Waals surface area contributed by atoms with Gasteiger partial charge in [0.2, 0.25) is 5.88 Å². The highest BCUT2D eigenvalue weighted by Gasteiger charge is 2.48. The summed E-state index contributed by atoms with van der Waals surface area (Å²) in [6, 6.07) is 8.96. The molecule has 4 atom stereocenters. The fraction of sp³-hybridized carbons (Fsp3) is 0.280. The van der Waals surface area contributed by atoms with E-state index in [1.54, 1.807) is 31.5 Å². The van der Waals surface area contributed by atoms with Crippen LogP contribution in [0.1, 0.15) is 19.0 Å². The van der Waals surface area contributed by atoms with Crippen molar-refractivity contribution < 1.29 is 14.2 Å². The number of alkyl halides is 1. The summed E-state index contributed by atoms with van der Waals surface area (Å²) in [6.45, 7) is 5.96. The number of phenolic OH excluding ortho intramolecular Hbond substituents is 1. The van der Waals surface area contributed by atoms with Crippen molar-refractivity contribution in [1.29, 1.82) is 0 Å². The minimum atomic E-state index is -1.12. The number of methoxy groups -OCH3 is 1. The third-order valence-corrected chi connectivity index (χ3v) is 6.46. The van der Waals surface area contributed by atoms with Crippen LogP contribution < -0.4 is 10.1 Å². The smallest absolute Gasteiger partial charge is 0.213 e. The van der Waals surface area contributed by atoms with Crippen LogP contribution in [0.5, 0.6) is 11.6 Å². The minimum Gasteiger partial charge on any atom is -0.507 e. The first-order chi connectivity index (χ1) is 15.9. The Morgan fingerprint density at radius 3 is 2.76 bits per heavy atom. The number of benzene rings is 1. The first-order valence-corrected chi connectivity index (χ1v) is 10.7. The van der Waals surface area contributed by atoms with E-state index in [0.29, 0.717) is 29.1 Å². The summed E-state index contributed by atoms with van der Waals surface area (Å²) in [5.74, 6) is 0.415. The van der Waals surface area contributed by atoms with Gasteiger partial charge in [0, 0.05) is 24.2 Å². The molecular formula is C25H24FN5O2. The summed E-state index contributed by atoms with van der Waals surface area (Å²) in [6.07, 6.45) is 6.59. The van der Waals surface area contributed by atoms with Crippen molar-refractivity contribution in [3.8, 4) is 34.1 Å². The van der Waals surface area contributed by atoms with Crippen LogP contribution in [0, 0.1) is 5.92 Å². The number of ether oxygens (including phenoxy) is 1. The molecule has 2 bridgehead atoms. The largest absolute Gasteiger partial charge is 0.507 e. The molecule has 0 amide bonds. The van der Waals surface area contributed by atoms with E-state index in [-0.39, 0.29) is 23.5 Å². The van der Waals surface area contributed by atoms with E-state index in [2.05, 4.69) is 32.1 Å². The van der Waals surface area contributed by atoms with Crippen LogP contribution in [0.25, 0.3) is 28.1 Å². The number of hydrogen-bond acceptors (Lipinski definition) is 7. The number of hydrogen-bond donors (Lipinski definition) is 2. The van der Waals surface area contributed by atoms with Crippen molar-refractivity contribution in [3.05, 3.63) is 67.2 Å². The maximum absolute atomic E-state index is 15.2. The first-order valence-electron chi connectivity index (χ1n) is 10.7. The molecule has 0 aliphatic carbocycles. The lowest BCUT2D eigenvalue weighted by Crippen LogP contribution is -2.56. The average molecular weight is 445 g/mol. The third kappa shape index (κ3) is 3.76. The van der Waals surface area contributed by atoms with Crippen molar-refractivity contribution in [2.75, 3.05) is 7.11 Å². The van der Waals surface area contributed by atoms with Crippen molar-refractivity contribution in [3.63, 3.8) is 0 Å². The Kier molecular flexibility index (Phi) is 5.17. The van der Waals surface area contributed by atoms with Gasteiger partial charge in [-0.3, -0.25) is 5.32 Å². The Hall–Kier alpha value is -3.65. The summed E-state index contributed by atoms with van der Waals surface area (Å²) in [4.78, 5) is 8.47. The zero-order valence-corrected chi connectivity index (χ0v) is 18.4. The number of fused-ring (bicyclic) bond motifs is 2. The molecule has 2 aromatic heterocycles. The van der Waals surface area contributed by atoms with Gasteiger partial charge in [0.15, 0.2) is 5.82 Å². The fourth-order valence-electron chi connectivity index (χ4n) is 4.59. The second-order valence-electron chi connectivity index (χ2n) is 8.65. The Morgan fingerprint density at radius 1 is 1.21 bits per heavy atom. The predicted molar refractivity (Wildman–Crippen MR) is 123 cm³/mol. The number of aromatic hydroxyl groups is 1. The summed E-state index contributed by atoms with van der Waals surface area (Å²) >= 11 is 0. The Balaban J connectivity index is 1.37. The Labute approximate surface area is 191 Å². The van der Waals surface area contributed by atoms with Crippen molar-refractivity contribution >= 4 is 5.57 Å². The minimum absolute atomic E-state index is 0.0226. The van der Waals surface area contributed by atoms with Crippen LogP contribution >= 0.6 is 0 Å². The van der Waals surface area contributed by atoms with Gasteiger partial charge in [-0.15, -0.1) is 10.2 Å². The zero-order valence-electron chi connectivity index (χ0n) is 18.4. The summed E-state index contributed by atoms with van der Waals surface area (Å²) in [5.41, 5.74) is 2.45. The van der Waals surface area contributed by atoms with Gasteiger partial charge in [-0.1, -0.05) is 24.8 Å². The molecular weight excluding hydrogens is 421 g/mol. The number of halogens is 1. The molecule has 0 saturated carbocycles. The van der Waals surface area contributed by atoms with Crippen molar-refractivity contribution in [2.45, 2.75) is 31.1 Å². The Bertz CT molecular complexity index is 1250. The maximum atomic E-state index is 15.2. The maximum Gasteiger partial charge on any atom is 0.213 e. The van der Waals surface area contributed by atoms with Gasteiger partial charge in [0.1, 0.15) is 17.6 Å². The molecule has 0 radical (unpaired) electrons. The van der Waals surface area contributed by atoms with Gasteiger partial charge < -0.3 is 9.84 Å². The molecule has 7 nitrogen and oxygen atoms in total. The molecule has 8 heteroatoms. The van der Waals surface area contributed by atoms with E-state index in [0.717, 1.165) is 11.1 Å². The van der Waals surface area contributed by atoms with Crippen LogP contribution in [0.2, 0.25) is 0 Å². The van der Waals surface area contributed by atoms with Gasteiger partial charge in [0.05, 0.1) is 24.4 Å². The predicted octanol–water partition coefficient (Wildman–Crippen LogP) is 3.97. The van der Waals surface area contributed by atoms with E-state index in [4.69, 9.17) is 4.74 Å². The monoisotopic (exact) mass is 445 g/mol. The molecule has 5 rings (SSSR count). The molecule has 1 aromatic carbocycles. The lowest BCUT2D eigenvalue weighted by atomic mass is 9.78. The molecule has 1 unspecified atom stereocenters. The van der Waals surface area contributed by atoms with E-state index >= 15 is 4.39 Å². The number of pyridine rings is 1. The van der Waals surface area contributed by atoms with Gasteiger partial charge >= 0.3 is 0 Å². The molecule has 2 N–H and O–H groups in total. The van der Waals surface area contributed by atoms with Crippen molar-refractivity contribution in [1.82, 2.24) is 25.5 Å². The first kappa shape index (κ1) is 21.2. The highest BCUT2D eigenvalue weighted by atomic mass is 19.1. The highest BCUT2D eigenvalue weighted by molar-refractivity contribution is 5.73. The number of nitrogens with zero attached hydrogens (tertiary/aromatic N) is 4. The lowest BCUT2D eigenvalue weighted by molar-refractivity contribution is 0.120. The summed E-state index contributed by atoms with van der Waals surface area (Å²) in [7, 11) is 1.55. The standard InChI is InChI=1S/C25H24FN5O2/c1-14(19-12-17-6-8-25(2,29-17)23(19)26)20-13-28-24(31-30-20)18-5-4-15(10-21(18)32)16-7-9-27-22(11-16)33-3/h4-11,13,17,19,23,29,32H,1,12H2,2-3H3/t17?,19-,23+,25-/m0/s1. The number of rotatable bonds is 5. The number of piperidine rings is 1. The van der Waals surface area contributed by atoms with E-state index in [1.165, 1.54) is 6.20 Å². The van der Waals surface area contributed by atoms with Crippen LogP contribution in [0.15, 0.2) is 61.5 Å². The number of nitrogens with one attached hydrogen (secondary N) is 1.